The topological polar surface area (TPSA) is 110 Å². The summed E-state index contributed by atoms with van der Waals surface area (Å²) in [5, 5.41) is 13.8. The minimum atomic E-state index is -3.41. The predicted molar refractivity (Wildman–Crippen MR) is 78.0 cm³/mol. The number of anilines is 2. The van der Waals surface area contributed by atoms with Crippen LogP contribution in [0.1, 0.15) is 6.42 Å². The number of hydrogen-bond donors (Lipinski definition) is 3. The van der Waals surface area contributed by atoms with Gasteiger partial charge in [0.25, 0.3) is 0 Å². The summed E-state index contributed by atoms with van der Waals surface area (Å²) in [7, 11) is -1.66. The van der Waals surface area contributed by atoms with E-state index in [9.17, 15) is 8.42 Å². The highest BCUT2D eigenvalue weighted by atomic mass is 32.2. The lowest BCUT2D eigenvalue weighted by Crippen LogP contribution is -2.19. The van der Waals surface area contributed by atoms with Crippen LogP contribution < -0.4 is 15.8 Å². The van der Waals surface area contributed by atoms with Gasteiger partial charge in [-0.05, 0) is 17.9 Å². The molecule has 0 fully saturated rings. The Labute approximate surface area is 115 Å². The van der Waals surface area contributed by atoms with Crippen molar-refractivity contribution in [3.8, 4) is 0 Å². The van der Waals surface area contributed by atoms with Crippen LogP contribution in [-0.2, 0) is 10.0 Å². The minimum Gasteiger partial charge on any atom is -0.369 e. The Hall–Kier alpha value is -1.45. The molecule has 19 heavy (non-hydrogen) atoms. The molecule has 0 aliphatic heterocycles. The average Bonchev–Trinajstić information content (AvgIpc) is 2.81. The van der Waals surface area contributed by atoms with Crippen LogP contribution in [0.25, 0.3) is 10.2 Å². The Kier molecular flexibility index (Phi) is 4.17. The molecule has 2 aromatic rings. The van der Waals surface area contributed by atoms with Gasteiger partial charge in [0.2, 0.25) is 16.0 Å². The summed E-state index contributed by atoms with van der Waals surface area (Å²) in [6.07, 6.45) is 0.434. The van der Waals surface area contributed by atoms with Gasteiger partial charge in [0.1, 0.15) is 10.6 Å². The van der Waals surface area contributed by atoms with E-state index in [1.54, 1.807) is 7.05 Å². The number of nitrogens with one attached hydrogen (secondary N) is 2. The number of nitrogens with two attached hydrogens (primary N) is 1. The van der Waals surface area contributed by atoms with Gasteiger partial charge in [-0.15, -0.1) is 11.3 Å². The van der Waals surface area contributed by atoms with E-state index in [0.29, 0.717) is 24.7 Å². The van der Waals surface area contributed by atoms with Crippen LogP contribution in [-0.4, -0.2) is 37.7 Å². The standard InChI is InChI=1S/C10H15N5O2S2/c1-12-10-14-8(7-3-5-18-9(7)15-10)13-4-2-6-19(11,16)17/h3,5H,2,4,6H2,1H3,(H2,11,16,17)(H2,12,13,14,15). The van der Waals surface area contributed by atoms with Crippen molar-refractivity contribution in [1.82, 2.24) is 9.97 Å². The van der Waals surface area contributed by atoms with Crippen molar-refractivity contribution in [1.29, 1.82) is 0 Å². The third kappa shape index (κ3) is 3.75. The Bertz CT molecular complexity index is 668. The van der Waals surface area contributed by atoms with Crippen LogP contribution in [0.4, 0.5) is 11.8 Å². The van der Waals surface area contributed by atoms with E-state index in [0.717, 1.165) is 10.2 Å². The van der Waals surface area contributed by atoms with Crippen LogP contribution in [0.2, 0.25) is 0 Å². The van der Waals surface area contributed by atoms with E-state index in [1.807, 2.05) is 11.4 Å². The molecule has 9 heteroatoms. The highest BCUT2D eigenvalue weighted by molar-refractivity contribution is 7.89. The van der Waals surface area contributed by atoms with Crippen molar-refractivity contribution in [2.45, 2.75) is 6.42 Å². The zero-order chi connectivity index (χ0) is 13.9. The van der Waals surface area contributed by atoms with Gasteiger partial charge in [-0.2, -0.15) is 4.98 Å². The molecule has 2 rings (SSSR count). The molecular formula is C10H15N5O2S2. The molecule has 7 nitrogen and oxygen atoms in total. The van der Waals surface area contributed by atoms with Crippen LogP contribution in [0.5, 0.6) is 0 Å². The maximum Gasteiger partial charge on any atom is 0.225 e. The van der Waals surface area contributed by atoms with Crippen LogP contribution in [0.15, 0.2) is 11.4 Å². The van der Waals surface area contributed by atoms with Crippen LogP contribution in [0, 0.1) is 0 Å². The molecule has 0 aliphatic carbocycles. The predicted octanol–water partition coefficient (Wildman–Crippen LogP) is 0.824. The summed E-state index contributed by atoms with van der Waals surface area (Å²) in [5.41, 5.74) is 0. The fourth-order valence-corrected chi connectivity index (χ4v) is 2.89. The van der Waals surface area contributed by atoms with E-state index < -0.39 is 10.0 Å². The molecule has 2 heterocycles. The van der Waals surface area contributed by atoms with Gasteiger partial charge in [0.15, 0.2) is 0 Å². The SMILES string of the molecule is CNc1nc(NCCCS(N)(=O)=O)c2ccsc2n1. The Morgan fingerprint density at radius 1 is 1.42 bits per heavy atom. The third-order valence-electron chi connectivity index (χ3n) is 2.45. The lowest BCUT2D eigenvalue weighted by Gasteiger charge is -2.08. The van der Waals surface area contributed by atoms with Crippen molar-refractivity contribution in [2.75, 3.05) is 30.0 Å². The third-order valence-corrected chi connectivity index (χ3v) is 4.11. The lowest BCUT2D eigenvalue weighted by atomic mass is 10.3. The largest absolute Gasteiger partial charge is 0.369 e. The Morgan fingerprint density at radius 3 is 2.89 bits per heavy atom. The number of thiophene rings is 1. The van der Waals surface area contributed by atoms with Crippen LogP contribution >= 0.6 is 11.3 Å². The lowest BCUT2D eigenvalue weighted by molar-refractivity contribution is 0.596. The number of primary sulfonamides is 1. The number of fused-ring (bicyclic) bond motifs is 1. The zero-order valence-corrected chi connectivity index (χ0v) is 12.0. The average molecular weight is 301 g/mol. The van der Waals surface area contributed by atoms with E-state index in [2.05, 4.69) is 20.6 Å². The molecule has 2 aromatic heterocycles. The van der Waals surface area contributed by atoms with E-state index >= 15 is 0 Å². The molecule has 4 N–H and O–H groups in total. The van der Waals surface area contributed by atoms with Gasteiger partial charge in [0, 0.05) is 13.6 Å². The maximum absolute atomic E-state index is 10.8. The number of hydrogen-bond acceptors (Lipinski definition) is 7. The molecule has 0 aliphatic rings. The highest BCUT2D eigenvalue weighted by Crippen LogP contribution is 2.26. The molecular weight excluding hydrogens is 286 g/mol. The monoisotopic (exact) mass is 301 g/mol. The highest BCUT2D eigenvalue weighted by Gasteiger charge is 2.08. The number of rotatable bonds is 6. The Morgan fingerprint density at radius 2 is 2.21 bits per heavy atom. The van der Waals surface area contributed by atoms with Crippen molar-refractivity contribution in [2.24, 2.45) is 5.14 Å². The minimum absolute atomic E-state index is 0.0449. The molecule has 0 bridgehead atoms. The molecule has 0 radical (unpaired) electrons. The number of nitrogens with zero attached hydrogens (tertiary/aromatic N) is 2. The summed E-state index contributed by atoms with van der Waals surface area (Å²) < 4.78 is 21.7. The van der Waals surface area contributed by atoms with Gasteiger partial charge >= 0.3 is 0 Å². The Balaban J connectivity index is 2.09. The van der Waals surface area contributed by atoms with Gasteiger partial charge < -0.3 is 10.6 Å². The zero-order valence-electron chi connectivity index (χ0n) is 10.4. The second-order valence-corrected chi connectivity index (χ2v) is 6.56. The quantitative estimate of drug-likeness (QED) is 0.681. The van der Waals surface area contributed by atoms with Crippen molar-refractivity contribution >= 4 is 43.3 Å². The van der Waals surface area contributed by atoms with Gasteiger partial charge in [-0.3, -0.25) is 0 Å². The summed E-state index contributed by atoms with van der Waals surface area (Å²) in [6, 6.07) is 1.93. The smallest absolute Gasteiger partial charge is 0.225 e. The van der Waals surface area contributed by atoms with Gasteiger partial charge in [0.05, 0.1) is 11.1 Å². The van der Waals surface area contributed by atoms with Gasteiger partial charge in [-0.25, -0.2) is 18.5 Å². The number of aromatic nitrogens is 2. The second-order valence-electron chi connectivity index (χ2n) is 3.93. The van der Waals surface area contributed by atoms with E-state index in [1.165, 1.54) is 11.3 Å². The van der Waals surface area contributed by atoms with Gasteiger partial charge in [-0.1, -0.05) is 0 Å². The first kappa shape index (κ1) is 14.0. The molecule has 0 atom stereocenters. The van der Waals surface area contributed by atoms with Crippen LogP contribution in [0.3, 0.4) is 0 Å². The first-order chi connectivity index (χ1) is 8.99. The molecule has 0 saturated carbocycles. The second kappa shape index (κ2) is 5.68. The number of sulfonamides is 1. The van der Waals surface area contributed by atoms with E-state index in [-0.39, 0.29) is 5.75 Å². The first-order valence-corrected chi connectivity index (χ1v) is 8.26. The summed E-state index contributed by atoms with van der Waals surface area (Å²) in [6.45, 7) is 0.488. The van der Waals surface area contributed by atoms with Crippen molar-refractivity contribution in [3.63, 3.8) is 0 Å². The summed E-state index contributed by atoms with van der Waals surface area (Å²) in [5.74, 6) is 1.19. The molecule has 104 valence electrons. The maximum atomic E-state index is 10.8. The molecule has 0 spiro atoms. The van der Waals surface area contributed by atoms with Crippen molar-refractivity contribution in [3.05, 3.63) is 11.4 Å². The fourth-order valence-electron chi connectivity index (χ4n) is 1.58. The fraction of sp³-hybridized carbons (Fsp3) is 0.400. The molecule has 0 amide bonds. The first-order valence-electron chi connectivity index (χ1n) is 5.67. The molecule has 0 aromatic carbocycles. The normalized spacial score (nSPS) is 11.7. The summed E-state index contributed by atoms with van der Waals surface area (Å²) in [4.78, 5) is 9.52. The van der Waals surface area contributed by atoms with Crippen molar-refractivity contribution < 1.29 is 8.42 Å². The summed E-state index contributed by atoms with van der Waals surface area (Å²) >= 11 is 1.53. The molecule has 0 saturated heterocycles. The van der Waals surface area contributed by atoms with E-state index in [4.69, 9.17) is 5.14 Å². The molecule has 0 unspecified atom stereocenters.